The molecule has 0 saturated carbocycles. The van der Waals surface area contributed by atoms with Crippen LogP contribution in [0.2, 0.25) is 0 Å². The maximum atomic E-state index is 3.80. The zero-order valence-electron chi connectivity index (χ0n) is 14.1. The molecule has 116 valence electrons. The van der Waals surface area contributed by atoms with Gasteiger partial charge in [-0.15, -0.1) is 0 Å². The van der Waals surface area contributed by atoms with E-state index in [1.165, 1.54) is 32.4 Å². The molecule has 1 aromatic rings. The van der Waals surface area contributed by atoms with Crippen LogP contribution in [0, 0.1) is 0 Å². The Bertz CT molecular complexity index is 512. The van der Waals surface area contributed by atoms with Crippen LogP contribution >= 0.6 is 0 Å². The van der Waals surface area contributed by atoms with Crippen LogP contribution in [0.3, 0.4) is 0 Å². The van der Waals surface area contributed by atoms with Crippen LogP contribution < -0.4 is 5.32 Å². The van der Waals surface area contributed by atoms with E-state index < -0.39 is 0 Å². The van der Waals surface area contributed by atoms with E-state index in [0.29, 0.717) is 5.54 Å². The number of hydrogen-bond acceptors (Lipinski definition) is 2. The summed E-state index contributed by atoms with van der Waals surface area (Å²) in [5, 5.41) is 3.80. The van der Waals surface area contributed by atoms with E-state index >= 15 is 0 Å². The summed E-state index contributed by atoms with van der Waals surface area (Å²) in [6, 6.07) is 8.98. The van der Waals surface area contributed by atoms with Crippen LogP contribution in [0.5, 0.6) is 0 Å². The van der Waals surface area contributed by atoms with E-state index in [1.54, 1.807) is 11.1 Å². The second-order valence-electron chi connectivity index (χ2n) is 7.60. The Morgan fingerprint density at radius 3 is 2.62 bits per heavy atom. The Balaban J connectivity index is 1.75. The fourth-order valence-electron chi connectivity index (χ4n) is 3.85. The van der Waals surface area contributed by atoms with Crippen LogP contribution in [0.1, 0.15) is 57.6 Å². The minimum Gasteiger partial charge on any atom is -0.308 e. The molecule has 1 aliphatic heterocycles. The summed E-state index contributed by atoms with van der Waals surface area (Å²) in [7, 11) is 0. The predicted molar refractivity (Wildman–Crippen MR) is 89.9 cm³/mol. The first-order chi connectivity index (χ1) is 10.00. The van der Waals surface area contributed by atoms with Gasteiger partial charge in [-0.25, -0.2) is 0 Å². The van der Waals surface area contributed by atoms with Crippen molar-refractivity contribution in [3.63, 3.8) is 0 Å². The molecule has 3 atom stereocenters. The van der Waals surface area contributed by atoms with E-state index in [9.17, 15) is 0 Å². The summed E-state index contributed by atoms with van der Waals surface area (Å²) < 4.78 is 0. The predicted octanol–water partition coefficient (Wildman–Crippen LogP) is 3.57. The quantitative estimate of drug-likeness (QED) is 0.910. The molecule has 1 heterocycles. The van der Waals surface area contributed by atoms with Gasteiger partial charge in [-0.2, -0.15) is 0 Å². The van der Waals surface area contributed by atoms with E-state index in [0.717, 1.165) is 12.5 Å². The fraction of sp³-hybridized carbons (Fsp3) is 0.684. The Labute approximate surface area is 129 Å². The van der Waals surface area contributed by atoms with E-state index in [1.807, 2.05) is 0 Å². The van der Waals surface area contributed by atoms with Crippen LogP contribution in [-0.4, -0.2) is 35.6 Å². The first-order valence-electron chi connectivity index (χ1n) is 8.57. The van der Waals surface area contributed by atoms with Gasteiger partial charge in [-0.05, 0) is 44.2 Å². The molecule has 3 rings (SSSR count). The highest BCUT2D eigenvalue weighted by atomic mass is 15.3. The standard InChI is InChI=1S/C19H30N2/c1-5-18(3)14-21(19(4,6-2)13-20-18)12-16-11-15-9-7-8-10-17(15)16/h7-10,16,20H,5-6,11-14H2,1-4H3. The third-order valence-corrected chi connectivity index (χ3v) is 6.14. The number of piperazine rings is 1. The number of rotatable bonds is 4. The van der Waals surface area contributed by atoms with Crippen LogP contribution in [0.15, 0.2) is 24.3 Å². The van der Waals surface area contributed by atoms with Crippen LogP contribution in [0.25, 0.3) is 0 Å². The molecule has 2 nitrogen and oxygen atoms in total. The second-order valence-corrected chi connectivity index (χ2v) is 7.60. The van der Waals surface area contributed by atoms with E-state index in [2.05, 4.69) is 62.2 Å². The van der Waals surface area contributed by atoms with Crippen molar-refractivity contribution in [3.8, 4) is 0 Å². The average molecular weight is 286 g/mol. The van der Waals surface area contributed by atoms with Crippen molar-refractivity contribution in [2.45, 2.75) is 64.0 Å². The first-order valence-corrected chi connectivity index (χ1v) is 8.57. The van der Waals surface area contributed by atoms with Crippen molar-refractivity contribution in [2.24, 2.45) is 0 Å². The smallest absolute Gasteiger partial charge is 0.0304 e. The summed E-state index contributed by atoms with van der Waals surface area (Å²) in [6.07, 6.45) is 3.68. The molecule has 0 bridgehead atoms. The third kappa shape index (κ3) is 2.64. The van der Waals surface area contributed by atoms with Crippen molar-refractivity contribution in [3.05, 3.63) is 35.4 Å². The highest BCUT2D eigenvalue weighted by Gasteiger charge is 2.42. The molecular weight excluding hydrogens is 256 g/mol. The summed E-state index contributed by atoms with van der Waals surface area (Å²) in [6.45, 7) is 13.0. The van der Waals surface area contributed by atoms with E-state index in [4.69, 9.17) is 0 Å². The van der Waals surface area contributed by atoms with Gasteiger partial charge in [0.1, 0.15) is 0 Å². The Morgan fingerprint density at radius 2 is 1.95 bits per heavy atom. The van der Waals surface area contributed by atoms with Crippen molar-refractivity contribution in [2.75, 3.05) is 19.6 Å². The van der Waals surface area contributed by atoms with Crippen molar-refractivity contribution < 1.29 is 0 Å². The highest BCUT2D eigenvalue weighted by Crippen LogP contribution is 2.38. The normalized spacial score (nSPS) is 36.1. The van der Waals surface area contributed by atoms with Gasteiger partial charge in [0.05, 0.1) is 0 Å². The SMILES string of the molecule is CCC1(C)CN(CC2Cc3ccccc32)C(C)(CC)CN1. The van der Waals surface area contributed by atoms with Gasteiger partial charge < -0.3 is 5.32 Å². The molecule has 0 aromatic heterocycles. The molecule has 1 N–H and O–H groups in total. The highest BCUT2D eigenvalue weighted by molar-refractivity contribution is 5.40. The maximum Gasteiger partial charge on any atom is 0.0304 e. The zero-order valence-corrected chi connectivity index (χ0v) is 14.1. The molecule has 2 aliphatic rings. The molecule has 2 heteroatoms. The van der Waals surface area contributed by atoms with Crippen LogP contribution in [0.4, 0.5) is 0 Å². The van der Waals surface area contributed by atoms with Gasteiger partial charge in [0.25, 0.3) is 0 Å². The minimum absolute atomic E-state index is 0.276. The molecule has 3 unspecified atom stereocenters. The monoisotopic (exact) mass is 286 g/mol. The molecular formula is C19H30N2. The largest absolute Gasteiger partial charge is 0.308 e. The Morgan fingerprint density at radius 1 is 1.19 bits per heavy atom. The van der Waals surface area contributed by atoms with Crippen LogP contribution in [-0.2, 0) is 6.42 Å². The minimum atomic E-state index is 0.276. The summed E-state index contributed by atoms with van der Waals surface area (Å²) in [4.78, 5) is 2.77. The van der Waals surface area contributed by atoms with Gasteiger partial charge >= 0.3 is 0 Å². The molecule has 1 aliphatic carbocycles. The number of hydrogen-bond donors (Lipinski definition) is 1. The van der Waals surface area contributed by atoms with Gasteiger partial charge in [0.2, 0.25) is 0 Å². The topological polar surface area (TPSA) is 15.3 Å². The Kier molecular flexibility index (Phi) is 3.87. The van der Waals surface area contributed by atoms with Gasteiger partial charge in [-0.1, -0.05) is 38.1 Å². The lowest BCUT2D eigenvalue weighted by molar-refractivity contribution is 0.0107. The lowest BCUT2D eigenvalue weighted by Gasteiger charge is -2.53. The number of fused-ring (bicyclic) bond motifs is 1. The lowest BCUT2D eigenvalue weighted by Crippen LogP contribution is -2.68. The van der Waals surface area contributed by atoms with Crippen molar-refractivity contribution in [1.29, 1.82) is 0 Å². The van der Waals surface area contributed by atoms with Gasteiger partial charge in [-0.3, -0.25) is 4.90 Å². The second kappa shape index (κ2) is 5.40. The molecule has 1 fully saturated rings. The Hall–Kier alpha value is -0.860. The molecule has 21 heavy (non-hydrogen) atoms. The van der Waals surface area contributed by atoms with Gasteiger partial charge in [0.15, 0.2) is 0 Å². The summed E-state index contributed by atoms with van der Waals surface area (Å²) in [5.41, 5.74) is 3.73. The molecule has 0 amide bonds. The van der Waals surface area contributed by atoms with Crippen molar-refractivity contribution in [1.82, 2.24) is 10.2 Å². The first kappa shape index (κ1) is 15.1. The maximum absolute atomic E-state index is 3.80. The van der Waals surface area contributed by atoms with Crippen molar-refractivity contribution >= 4 is 0 Å². The molecule has 1 saturated heterocycles. The number of nitrogens with one attached hydrogen (secondary N) is 1. The average Bonchev–Trinajstić information content (AvgIpc) is 2.48. The van der Waals surface area contributed by atoms with E-state index in [-0.39, 0.29) is 5.54 Å². The fourth-order valence-corrected chi connectivity index (χ4v) is 3.85. The summed E-state index contributed by atoms with van der Waals surface area (Å²) >= 11 is 0. The third-order valence-electron chi connectivity index (χ3n) is 6.14. The lowest BCUT2D eigenvalue weighted by atomic mass is 9.75. The number of nitrogens with zero attached hydrogens (tertiary/aromatic N) is 1. The molecule has 1 aromatic carbocycles. The number of benzene rings is 1. The summed E-state index contributed by atoms with van der Waals surface area (Å²) in [5.74, 6) is 0.742. The molecule has 0 spiro atoms. The zero-order chi connectivity index (χ0) is 15.1. The molecule has 0 radical (unpaired) electrons. The van der Waals surface area contributed by atoms with Gasteiger partial charge in [0, 0.05) is 36.6 Å².